The van der Waals surface area contributed by atoms with Crippen LogP contribution >= 0.6 is 0 Å². The Hall–Kier alpha value is -1.92. The fourth-order valence-electron chi connectivity index (χ4n) is 1.54. The predicted molar refractivity (Wildman–Crippen MR) is 95.2 cm³/mol. The topological polar surface area (TPSA) is 67.6 Å². The molecule has 6 heteroatoms. The number of hydrogen-bond acceptors (Lipinski definition) is 5. The number of likely N-dealkylation sites (tertiary alicyclic amines) is 1. The van der Waals surface area contributed by atoms with Gasteiger partial charge in [-0.2, -0.15) is 0 Å². The maximum absolute atomic E-state index is 12.1. The smallest absolute Gasteiger partial charge is 0.292 e. The SMILES string of the molecule is [2H]C([2H])=C([2H])c1c([2H])c([2H])c([N+](=O)[O-])c(N([2H])C2([2H])C([2H])([2H])C([2H])([2H])N(C3([2H])C([2H])([2H])C([2H])([2H])OC([2H])([2H])C3([2H])[2H])C([2H])([2H])C2([2H])[2H])c1[2H]. The van der Waals surface area contributed by atoms with Crippen LogP contribution in [0.15, 0.2) is 24.7 Å². The average Bonchev–Trinajstić information content (AvgIpc) is 2.90. The maximum atomic E-state index is 12.1. The number of piperidine rings is 1. The van der Waals surface area contributed by atoms with Gasteiger partial charge in [-0.1, -0.05) is 12.6 Å². The van der Waals surface area contributed by atoms with E-state index in [1.807, 2.05) is 0 Å². The third-order valence-electron chi connectivity index (χ3n) is 2.54. The molecule has 2 aliphatic heterocycles. The summed E-state index contributed by atoms with van der Waals surface area (Å²) in [7, 11) is 0. The van der Waals surface area contributed by atoms with Crippen LogP contribution in [0.25, 0.3) is 6.05 Å². The number of nitrogens with one attached hydrogen (secondary N) is 1. The van der Waals surface area contributed by atoms with Gasteiger partial charge < -0.3 is 14.9 Å². The van der Waals surface area contributed by atoms with Crippen molar-refractivity contribution >= 4 is 17.4 Å². The molecule has 0 aliphatic carbocycles. The minimum atomic E-state index is -4.73. The van der Waals surface area contributed by atoms with Crippen molar-refractivity contribution in [1.29, 1.82) is 0 Å². The number of hydrogen-bond donors (Lipinski definition) is 1. The molecule has 2 fully saturated rings. The zero-order valence-corrected chi connectivity index (χ0v) is 11.6. The van der Waals surface area contributed by atoms with Crippen molar-refractivity contribution in [2.45, 2.75) is 37.5 Å². The summed E-state index contributed by atoms with van der Waals surface area (Å²) in [5.41, 5.74) is -4.97. The number of nitro groups is 1. The molecule has 2 heterocycles. The highest BCUT2D eigenvalue weighted by Gasteiger charge is 2.27. The van der Waals surface area contributed by atoms with Crippen LogP contribution in [-0.2, 0) is 4.74 Å². The molecule has 0 saturated carbocycles. The predicted octanol–water partition coefficient (Wildman–Crippen LogP) is 3.29. The summed E-state index contributed by atoms with van der Waals surface area (Å²) < 4.78 is 212. The standard InChI is InChI=1S/C18H25N3O3/c1-2-14-3-4-18(21(22)23)17(13-14)19-15-5-9-20(10-6-15)16-7-11-24-12-8-16/h2-4,13,15-16,19H,1,5-12H2/i1D2,2D,3D,4D,5D2,6D2,7D2,8D2,9D2,10D2,11D2,12D2,13D,15D,16D/hD. The molecule has 6 nitrogen and oxygen atoms in total. The van der Waals surface area contributed by atoms with Crippen LogP contribution in [0.5, 0.6) is 0 Å². The summed E-state index contributed by atoms with van der Waals surface area (Å²) >= 11 is 0. The largest absolute Gasteiger partial charge is 0.381 e. The van der Waals surface area contributed by atoms with Crippen LogP contribution in [0.2, 0.25) is 1.41 Å². The van der Waals surface area contributed by atoms with Gasteiger partial charge in [0.25, 0.3) is 5.69 Å². The molecule has 0 atom stereocenters. The van der Waals surface area contributed by atoms with Crippen molar-refractivity contribution in [3.8, 4) is 0 Å². The van der Waals surface area contributed by atoms with Gasteiger partial charge >= 0.3 is 0 Å². The summed E-state index contributed by atoms with van der Waals surface area (Å²) in [6, 6.07) is -15.4. The highest BCUT2D eigenvalue weighted by molar-refractivity contribution is 5.67. The average molecular weight is 357 g/mol. The first-order chi connectivity index (χ1) is 21.4. The Kier molecular flexibility index (Phi) is 1.32. The molecule has 0 amide bonds. The third-order valence-corrected chi connectivity index (χ3v) is 2.54. The van der Waals surface area contributed by atoms with Gasteiger partial charge in [0, 0.05) is 62.0 Å². The second-order valence-electron chi connectivity index (χ2n) is 4.00. The molecular weight excluding hydrogens is 306 g/mol. The van der Waals surface area contributed by atoms with Gasteiger partial charge in [0.2, 0.25) is 0 Å². The Balaban J connectivity index is 2.59. The zero-order valence-electron chi connectivity index (χ0n) is 36.6. The van der Waals surface area contributed by atoms with E-state index in [0.29, 0.717) is 0 Å². The molecule has 2 saturated heterocycles. The Morgan fingerprint density at radius 2 is 2.29 bits per heavy atom. The quantitative estimate of drug-likeness (QED) is 0.648. The first kappa shape index (κ1) is 4.07. The molecule has 1 aromatic carbocycles. The van der Waals surface area contributed by atoms with E-state index in [4.69, 9.17) is 34.3 Å². The molecule has 3 rings (SSSR count). The van der Waals surface area contributed by atoms with Gasteiger partial charge in [-0.05, 0) is 43.1 Å². The van der Waals surface area contributed by atoms with Crippen LogP contribution in [-0.4, -0.2) is 48.0 Å². The first-order valence-corrected chi connectivity index (χ1v) is 6.12. The normalized spacial score (nSPS) is 55.1. The minimum absolute atomic E-state index is 0.968. The molecule has 0 bridgehead atoms. The zero-order chi connectivity index (χ0) is 39.1. The Morgan fingerprint density at radius 1 is 1.54 bits per heavy atom. The van der Waals surface area contributed by atoms with E-state index in [-0.39, 0.29) is 0 Å². The number of ether oxygens (including phenoxy) is 1. The van der Waals surface area contributed by atoms with Crippen molar-refractivity contribution in [3.63, 3.8) is 0 Å². The van der Waals surface area contributed by atoms with Gasteiger partial charge in [0.1, 0.15) is 5.69 Å². The number of nitrogens with zero attached hydrogens (tertiary/aromatic N) is 2. The molecule has 0 spiro atoms. The lowest BCUT2D eigenvalue weighted by Crippen LogP contribution is -2.46. The molecule has 1 aromatic rings. The molecule has 130 valence electrons. The Labute approximate surface area is 177 Å². The lowest BCUT2D eigenvalue weighted by Gasteiger charge is -2.39. The van der Waals surface area contributed by atoms with E-state index < -0.39 is 126 Å². The molecule has 2 aliphatic rings. The van der Waals surface area contributed by atoms with Crippen molar-refractivity contribution in [2.75, 3.05) is 31.4 Å². The molecule has 0 unspecified atom stereocenters. The molecule has 0 aromatic heterocycles. The molecule has 24 heavy (non-hydrogen) atoms. The maximum Gasteiger partial charge on any atom is 0.292 e. The second-order valence-corrected chi connectivity index (χ2v) is 4.00. The van der Waals surface area contributed by atoms with E-state index in [9.17, 15) is 10.1 Å². The highest BCUT2D eigenvalue weighted by atomic mass is 16.6. The van der Waals surface area contributed by atoms with Crippen LogP contribution in [0.3, 0.4) is 0 Å². The Bertz CT molecular complexity index is 1570. The number of benzene rings is 1. The van der Waals surface area contributed by atoms with Crippen molar-refractivity contribution < 1.29 is 44.0 Å². The van der Waals surface area contributed by atoms with E-state index in [1.165, 1.54) is 0 Å². The van der Waals surface area contributed by atoms with Crippen molar-refractivity contribution in [3.05, 3.63) is 40.3 Å². The van der Waals surface area contributed by atoms with E-state index >= 15 is 0 Å². The lowest BCUT2D eigenvalue weighted by molar-refractivity contribution is -0.384. The summed E-state index contributed by atoms with van der Waals surface area (Å²) in [5, 5.41) is 11.1. The van der Waals surface area contributed by atoms with E-state index in [2.05, 4.69) is 4.74 Å². The van der Waals surface area contributed by atoms with Crippen molar-refractivity contribution in [2.24, 2.45) is 0 Å². The number of nitro benzene ring substituents is 1. The van der Waals surface area contributed by atoms with Crippen molar-refractivity contribution in [1.82, 2.24) is 4.90 Å². The molecule has 1 N–H and O–H groups in total. The summed E-state index contributed by atoms with van der Waals surface area (Å²) in [5.74, 6) is 0. The third kappa shape index (κ3) is 3.94. The lowest BCUT2D eigenvalue weighted by atomic mass is 9.99. The Morgan fingerprint density at radius 3 is 2.96 bits per heavy atom. The number of rotatable bonds is 5. The van der Waals surface area contributed by atoms with Gasteiger partial charge in [0.15, 0.2) is 1.41 Å². The summed E-state index contributed by atoms with van der Waals surface area (Å²) in [6.07, 6.45) is -18.3. The fraction of sp³-hybridized carbons (Fsp3) is 0.556. The summed E-state index contributed by atoms with van der Waals surface area (Å²) in [6.45, 7) is -19.3. The second kappa shape index (κ2) is 7.77. The first-order valence-electron chi connectivity index (χ1n) is 18.6. The van der Waals surface area contributed by atoms with Gasteiger partial charge in [-0.15, -0.1) is 0 Å². The highest BCUT2D eigenvalue weighted by Crippen LogP contribution is 2.29. The van der Waals surface area contributed by atoms with Gasteiger partial charge in [-0.3, -0.25) is 10.1 Å². The van der Waals surface area contributed by atoms with E-state index in [0.717, 1.165) is 0 Å². The minimum Gasteiger partial charge on any atom is -0.381 e. The van der Waals surface area contributed by atoms with Crippen LogP contribution in [0.1, 0.15) is 64.0 Å². The van der Waals surface area contributed by atoms with Gasteiger partial charge in [-0.25, -0.2) is 0 Å². The van der Waals surface area contributed by atoms with Crippen LogP contribution in [0, 0.1) is 10.1 Å². The van der Waals surface area contributed by atoms with E-state index in [1.54, 1.807) is 0 Å². The van der Waals surface area contributed by atoms with Crippen LogP contribution in [0.4, 0.5) is 11.4 Å². The van der Waals surface area contributed by atoms with Gasteiger partial charge in [0.05, 0.1) is 20.0 Å². The fourth-order valence-corrected chi connectivity index (χ4v) is 1.54. The molecular formula is C18H25N3O3. The molecule has 0 radical (unpaired) electrons. The summed E-state index contributed by atoms with van der Waals surface area (Å²) in [4.78, 5) is 9.36. The number of anilines is 1. The monoisotopic (exact) mass is 356 g/mol. The van der Waals surface area contributed by atoms with Crippen LogP contribution < -0.4 is 5.31 Å².